The number of aryl methyl sites for hydroxylation is 1. The van der Waals surface area contributed by atoms with Crippen molar-refractivity contribution in [2.45, 2.75) is 6.92 Å². The highest BCUT2D eigenvalue weighted by Crippen LogP contribution is 2.24. The molecule has 5 heteroatoms. The van der Waals surface area contributed by atoms with E-state index in [9.17, 15) is 0 Å². The lowest BCUT2D eigenvalue weighted by Gasteiger charge is -2.09. The Morgan fingerprint density at radius 3 is 2.78 bits per heavy atom. The first-order valence-electron chi connectivity index (χ1n) is 5.20. The standard InChI is InChI=1S/C13H9BrClN3/c1-8-11(14)4-5-13(17-8)18-12-6-10(15)3-2-9(12)7-16/h2-6H,1H3,(H,17,18). The molecule has 2 rings (SSSR count). The van der Waals surface area contributed by atoms with Gasteiger partial charge in [-0.3, -0.25) is 0 Å². The normalized spacial score (nSPS) is 9.89. The Balaban J connectivity index is 2.36. The van der Waals surface area contributed by atoms with Crippen LogP contribution in [0.1, 0.15) is 11.3 Å². The highest BCUT2D eigenvalue weighted by atomic mass is 79.9. The summed E-state index contributed by atoms with van der Waals surface area (Å²) in [5.41, 5.74) is 2.06. The van der Waals surface area contributed by atoms with Gasteiger partial charge < -0.3 is 5.32 Å². The number of nitriles is 1. The number of hydrogen-bond acceptors (Lipinski definition) is 3. The van der Waals surface area contributed by atoms with E-state index in [-0.39, 0.29) is 0 Å². The zero-order chi connectivity index (χ0) is 13.1. The van der Waals surface area contributed by atoms with E-state index in [1.807, 2.05) is 19.1 Å². The summed E-state index contributed by atoms with van der Waals surface area (Å²) < 4.78 is 0.944. The lowest BCUT2D eigenvalue weighted by Crippen LogP contribution is -1.97. The van der Waals surface area contributed by atoms with Crippen molar-refractivity contribution in [1.82, 2.24) is 4.98 Å². The predicted octanol–water partition coefficient (Wildman–Crippen LogP) is 4.42. The molecule has 0 fully saturated rings. The van der Waals surface area contributed by atoms with Gasteiger partial charge in [0, 0.05) is 9.50 Å². The second-order valence-corrected chi connectivity index (χ2v) is 4.98. The number of pyridine rings is 1. The SMILES string of the molecule is Cc1nc(Nc2cc(Cl)ccc2C#N)ccc1Br. The summed E-state index contributed by atoms with van der Waals surface area (Å²) in [7, 11) is 0. The summed E-state index contributed by atoms with van der Waals surface area (Å²) in [6.07, 6.45) is 0. The molecule has 18 heavy (non-hydrogen) atoms. The lowest BCUT2D eigenvalue weighted by atomic mass is 10.2. The second kappa shape index (κ2) is 5.38. The maximum Gasteiger partial charge on any atom is 0.130 e. The first-order chi connectivity index (χ1) is 8.60. The number of nitrogens with one attached hydrogen (secondary N) is 1. The molecule has 0 amide bonds. The molecule has 0 bridgehead atoms. The topological polar surface area (TPSA) is 48.7 Å². The number of benzene rings is 1. The molecule has 1 heterocycles. The Kier molecular flexibility index (Phi) is 3.85. The van der Waals surface area contributed by atoms with E-state index in [1.165, 1.54) is 0 Å². The first-order valence-corrected chi connectivity index (χ1v) is 6.37. The largest absolute Gasteiger partial charge is 0.339 e. The third-order valence-electron chi connectivity index (χ3n) is 2.39. The summed E-state index contributed by atoms with van der Waals surface area (Å²) in [6, 6.07) is 10.9. The molecule has 0 radical (unpaired) electrons. The maximum atomic E-state index is 9.03. The van der Waals surface area contributed by atoms with Crippen molar-refractivity contribution in [3.05, 3.63) is 51.1 Å². The first kappa shape index (κ1) is 12.9. The highest BCUT2D eigenvalue weighted by Gasteiger charge is 2.05. The molecule has 0 spiro atoms. The van der Waals surface area contributed by atoms with E-state index in [2.05, 4.69) is 32.3 Å². The van der Waals surface area contributed by atoms with Crippen molar-refractivity contribution in [2.75, 3.05) is 5.32 Å². The van der Waals surface area contributed by atoms with Gasteiger partial charge in [-0.05, 0) is 53.2 Å². The molecule has 0 saturated heterocycles. The van der Waals surface area contributed by atoms with Crippen LogP contribution in [-0.2, 0) is 0 Å². The average Bonchev–Trinajstić information content (AvgIpc) is 2.34. The molecule has 2 aromatic rings. The summed E-state index contributed by atoms with van der Waals surface area (Å²) in [4.78, 5) is 4.36. The molecule has 0 aliphatic rings. The number of aromatic nitrogens is 1. The minimum Gasteiger partial charge on any atom is -0.339 e. The van der Waals surface area contributed by atoms with E-state index >= 15 is 0 Å². The fourth-order valence-electron chi connectivity index (χ4n) is 1.47. The number of hydrogen-bond donors (Lipinski definition) is 1. The Bertz CT molecular complexity index is 635. The monoisotopic (exact) mass is 321 g/mol. The molecule has 90 valence electrons. The summed E-state index contributed by atoms with van der Waals surface area (Å²) >= 11 is 9.31. The highest BCUT2D eigenvalue weighted by molar-refractivity contribution is 9.10. The molecular weight excluding hydrogens is 314 g/mol. The van der Waals surface area contributed by atoms with Crippen molar-refractivity contribution in [2.24, 2.45) is 0 Å². The number of rotatable bonds is 2. The lowest BCUT2D eigenvalue weighted by molar-refractivity contribution is 1.18. The predicted molar refractivity (Wildman–Crippen MR) is 76.1 cm³/mol. The fraction of sp³-hybridized carbons (Fsp3) is 0.0769. The Morgan fingerprint density at radius 1 is 1.33 bits per heavy atom. The van der Waals surface area contributed by atoms with Crippen LogP contribution in [0.5, 0.6) is 0 Å². The quantitative estimate of drug-likeness (QED) is 0.890. The van der Waals surface area contributed by atoms with Gasteiger partial charge >= 0.3 is 0 Å². The smallest absolute Gasteiger partial charge is 0.130 e. The Morgan fingerprint density at radius 2 is 2.11 bits per heavy atom. The van der Waals surface area contributed by atoms with Crippen LogP contribution in [0.2, 0.25) is 5.02 Å². The van der Waals surface area contributed by atoms with Crippen molar-refractivity contribution < 1.29 is 0 Å². The molecular formula is C13H9BrClN3. The number of nitrogens with zero attached hydrogens (tertiary/aromatic N) is 2. The molecule has 0 aliphatic heterocycles. The van der Waals surface area contributed by atoms with Crippen LogP contribution >= 0.6 is 27.5 Å². The molecule has 0 unspecified atom stereocenters. The van der Waals surface area contributed by atoms with Crippen molar-refractivity contribution in [3.63, 3.8) is 0 Å². The van der Waals surface area contributed by atoms with Gasteiger partial charge in [0.05, 0.1) is 16.9 Å². The molecule has 0 atom stereocenters. The zero-order valence-electron chi connectivity index (χ0n) is 9.54. The Labute approximate surface area is 119 Å². The Hall–Kier alpha value is -1.57. The summed E-state index contributed by atoms with van der Waals surface area (Å²) in [5, 5.41) is 12.7. The van der Waals surface area contributed by atoms with Crippen molar-refractivity contribution in [1.29, 1.82) is 5.26 Å². The molecule has 3 nitrogen and oxygen atoms in total. The minimum absolute atomic E-state index is 0.529. The van der Waals surface area contributed by atoms with E-state index < -0.39 is 0 Å². The minimum atomic E-state index is 0.529. The van der Waals surface area contributed by atoms with Crippen LogP contribution in [0.25, 0.3) is 0 Å². The van der Waals surface area contributed by atoms with Crippen LogP contribution in [-0.4, -0.2) is 4.98 Å². The fourth-order valence-corrected chi connectivity index (χ4v) is 1.86. The van der Waals surface area contributed by atoms with Crippen LogP contribution in [0.4, 0.5) is 11.5 Å². The zero-order valence-corrected chi connectivity index (χ0v) is 11.9. The molecule has 0 saturated carbocycles. The molecule has 0 aliphatic carbocycles. The van der Waals surface area contributed by atoms with Gasteiger partial charge in [0.2, 0.25) is 0 Å². The van der Waals surface area contributed by atoms with E-state index in [0.717, 1.165) is 10.2 Å². The van der Waals surface area contributed by atoms with Crippen LogP contribution < -0.4 is 5.32 Å². The average molecular weight is 323 g/mol. The van der Waals surface area contributed by atoms with Gasteiger partial charge in [0.25, 0.3) is 0 Å². The van der Waals surface area contributed by atoms with Gasteiger partial charge in [-0.15, -0.1) is 0 Å². The number of halogens is 2. The third kappa shape index (κ3) is 2.81. The van der Waals surface area contributed by atoms with Crippen molar-refractivity contribution in [3.8, 4) is 6.07 Å². The van der Waals surface area contributed by atoms with Crippen molar-refractivity contribution >= 4 is 39.0 Å². The van der Waals surface area contributed by atoms with Gasteiger partial charge in [-0.1, -0.05) is 11.6 Å². The maximum absolute atomic E-state index is 9.03. The van der Waals surface area contributed by atoms with Crippen LogP contribution in [0.15, 0.2) is 34.8 Å². The third-order valence-corrected chi connectivity index (χ3v) is 3.46. The van der Waals surface area contributed by atoms with Gasteiger partial charge in [0.15, 0.2) is 0 Å². The molecule has 1 N–H and O–H groups in total. The molecule has 1 aromatic heterocycles. The van der Waals surface area contributed by atoms with Crippen LogP contribution in [0, 0.1) is 18.3 Å². The van der Waals surface area contributed by atoms with Crippen LogP contribution in [0.3, 0.4) is 0 Å². The van der Waals surface area contributed by atoms with E-state index in [1.54, 1.807) is 18.2 Å². The van der Waals surface area contributed by atoms with Gasteiger partial charge in [-0.2, -0.15) is 5.26 Å². The number of anilines is 2. The van der Waals surface area contributed by atoms with Gasteiger partial charge in [-0.25, -0.2) is 4.98 Å². The van der Waals surface area contributed by atoms with Gasteiger partial charge in [0.1, 0.15) is 11.9 Å². The summed E-state index contributed by atoms with van der Waals surface area (Å²) in [6.45, 7) is 1.90. The molecule has 1 aromatic carbocycles. The van der Waals surface area contributed by atoms with E-state index in [4.69, 9.17) is 16.9 Å². The van der Waals surface area contributed by atoms with E-state index in [0.29, 0.717) is 22.1 Å². The second-order valence-electron chi connectivity index (χ2n) is 3.69. The summed E-state index contributed by atoms with van der Waals surface area (Å²) in [5.74, 6) is 0.675.